The smallest absolute Gasteiger partial charge is 0.408 e. The van der Waals surface area contributed by atoms with Crippen LogP contribution in [-0.4, -0.2) is 52.7 Å². The normalized spacial score (nSPS) is 15.8. The highest BCUT2D eigenvalue weighted by atomic mass is 16.6. The highest BCUT2D eigenvalue weighted by molar-refractivity contribution is 5.98. The second kappa shape index (κ2) is 9.91. The summed E-state index contributed by atoms with van der Waals surface area (Å²) in [7, 11) is 1.61. The Balaban J connectivity index is 1.52. The first-order chi connectivity index (χ1) is 15.5. The Morgan fingerprint density at radius 2 is 1.76 bits per heavy atom. The van der Waals surface area contributed by atoms with Gasteiger partial charge in [0.2, 0.25) is 5.89 Å². The first kappa shape index (κ1) is 24.7. The van der Waals surface area contributed by atoms with E-state index in [1.54, 1.807) is 41.7 Å². The number of hydrogen-bond donors (Lipinski definition) is 1. The molecule has 1 aromatic heterocycles. The molecule has 0 bridgehead atoms. The highest BCUT2D eigenvalue weighted by Gasteiger charge is 2.32. The van der Waals surface area contributed by atoms with Crippen molar-refractivity contribution in [1.29, 1.82) is 0 Å². The van der Waals surface area contributed by atoms with E-state index in [9.17, 15) is 9.59 Å². The van der Waals surface area contributed by atoms with Gasteiger partial charge >= 0.3 is 6.09 Å². The summed E-state index contributed by atoms with van der Waals surface area (Å²) in [6, 6.07) is 7.27. The van der Waals surface area contributed by atoms with Gasteiger partial charge in [-0.1, -0.05) is 5.16 Å². The van der Waals surface area contributed by atoms with E-state index in [1.807, 2.05) is 24.3 Å². The van der Waals surface area contributed by atoms with Crippen LogP contribution < -0.4 is 10.1 Å². The second-order valence-electron chi connectivity index (χ2n) is 9.91. The summed E-state index contributed by atoms with van der Waals surface area (Å²) in [5.41, 5.74) is -0.721. The van der Waals surface area contributed by atoms with Gasteiger partial charge in [0.05, 0.1) is 13.7 Å². The molecule has 9 nitrogen and oxygen atoms in total. The largest absolute Gasteiger partial charge is 0.497 e. The molecule has 1 saturated heterocycles. The predicted molar refractivity (Wildman–Crippen MR) is 122 cm³/mol. The molecule has 33 heavy (non-hydrogen) atoms. The van der Waals surface area contributed by atoms with E-state index in [1.165, 1.54) is 0 Å². The third-order valence-corrected chi connectivity index (χ3v) is 5.53. The Kier molecular flexibility index (Phi) is 7.41. The topological polar surface area (TPSA) is 107 Å². The van der Waals surface area contributed by atoms with Crippen LogP contribution >= 0.6 is 0 Å². The van der Waals surface area contributed by atoms with E-state index in [-0.39, 0.29) is 11.7 Å². The number of benzene rings is 1. The van der Waals surface area contributed by atoms with Crippen LogP contribution in [0.3, 0.4) is 0 Å². The third-order valence-electron chi connectivity index (χ3n) is 5.53. The standard InChI is InChI=1S/C24H34N4O5/c1-23(2,3)32-22(30)26-24(4,5)21-25-19(33-27-21)15-28-13-11-17(12-14-28)20(29)16-7-9-18(31-6)10-8-16/h7-10,17H,11-15H2,1-6H3,(H,26,30). The van der Waals surface area contributed by atoms with Crippen LogP contribution in [0.25, 0.3) is 0 Å². The lowest BCUT2D eigenvalue weighted by atomic mass is 9.89. The third kappa shape index (κ3) is 6.77. The minimum atomic E-state index is -0.845. The van der Waals surface area contributed by atoms with Gasteiger partial charge in [0.1, 0.15) is 16.9 Å². The number of ether oxygens (including phenoxy) is 2. The maximum absolute atomic E-state index is 12.8. The maximum atomic E-state index is 12.8. The van der Waals surface area contributed by atoms with Crippen LogP contribution in [-0.2, 0) is 16.8 Å². The molecule has 0 aliphatic carbocycles. The van der Waals surface area contributed by atoms with Crippen molar-refractivity contribution >= 4 is 11.9 Å². The minimum Gasteiger partial charge on any atom is -0.497 e. The Morgan fingerprint density at radius 1 is 1.12 bits per heavy atom. The van der Waals surface area contributed by atoms with Gasteiger partial charge in [-0.25, -0.2) is 4.79 Å². The van der Waals surface area contributed by atoms with Crippen LogP contribution in [0.4, 0.5) is 4.79 Å². The molecule has 0 radical (unpaired) electrons. The monoisotopic (exact) mass is 458 g/mol. The zero-order valence-electron chi connectivity index (χ0n) is 20.3. The van der Waals surface area contributed by atoms with Crippen LogP contribution in [0.5, 0.6) is 5.75 Å². The Labute approximate surface area is 194 Å². The lowest BCUT2D eigenvalue weighted by Gasteiger charge is -2.30. The van der Waals surface area contributed by atoms with Crippen molar-refractivity contribution in [3.05, 3.63) is 41.5 Å². The van der Waals surface area contributed by atoms with Crippen molar-refractivity contribution in [3.63, 3.8) is 0 Å². The molecule has 1 aliphatic heterocycles. The van der Waals surface area contributed by atoms with Gasteiger partial charge in [-0.2, -0.15) is 4.98 Å². The number of alkyl carbamates (subject to hydrolysis) is 1. The Morgan fingerprint density at radius 3 is 2.33 bits per heavy atom. The molecule has 0 spiro atoms. The lowest BCUT2D eigenvalue weighted by Crippen LogP contribution is -2.44. The molecule has 3 rings (SSSR count). The first-order valence-electron chi connectivity index (χ1n) is 11.2. The summed E-state index contributed by atoms with van der Waals surface area (Å²) in [6.07, 6.45) is 1.01. The summed E-state index contributed by atoms with van der Waals surface area (Å²) >= 11 is 0. The van der Waals surface area contributed by atoms with Gasteiger partial charge in [0.25, 0.3) is 0 Å². The van der Waals surface area contributed by atoms with Crippen LogP contribution in [0.15, 0.2) is 28.8 Å². The SMILES string of the molecule is COc1ccc(C(=O)C2CCN(Cc3nc(C(C)(C)NC(=O)OC(C)(C)C)no3)CC2)cc1. The zero-order valence-corrected chi connectivity index (χ0v) is 20.3. The molecule has 9 heteroatoms. The summed E-state index contributed by atoms with van der Waals surface area (Å²) in [5, 5.41) is 6.83. The van der Waals surface area contributed by atoms with Gasteiger partial charge in [-0.3, -0.25) is 9.69 Å². The number of carbonyl (C=O) groups excluding carboxylic acids is 2. The average Bonchev–Trinajstić information content (AvgIpc) is 3.21. The van der Waals surface area contributed by atoms with E-state index in [0.29, 0.717) is 18.3 Å². The fraction of sp³-hybridized carbons (Fsp3) is 0.583. The molecule has 0 unspecified atom stereocenters. The Bertz CT molecular complexity index is 954. The van der Waals surface area contributed by atoms with Crippen molar-refractivity contribution in [1.82, 2.24) is 20.4 Å². The number of rotatable bonds is 7. The quantitative estimate of drug-likeness (QED) is 0.622. The van der Waals surface area contributed by atoms with Crippen LogP contribution in [0.2, 0.25) is 0 Å². The van der Waals surface area contributed by atoms with E-state index in [2.05, 4.69) is 20.4 Å². The van der Waals surface area contributed by atoms with E-state index in [4.69, 9.17) is 14.0 Å². The molecule has 1 amide bonds. The predicted octanol–water partition coefficient (Wildman–Crippen LogP) is 3.93. The van der Waals surface area contributed by atoms with Crippen LogP contribution in [0.1, 0.15) is 69.5 Å². The number of likely N-dealkylation sites (tertiary alicyclic amines) is 1. The number of hydrogen-bond acceptors (Lipinski definition) is 8. The lowest BCUT2D eigenvalue weighted by molar-refractivity contribution is 0.0465. The van der Waals surface area contributed by atoms with E-state index < -0.39 is 17.2 Å². The number of methoxy groups -OCH3 is 1. The second-order valence-corrected chi connectivity index (χ2v) is 9.91. The molecule has 1 aromatic carbocycles. The summed E-state index contributed by atoms with van der Waals surface area (Å²) in [4.78, 5) is 31.6. The van der Waals surface area contributed by atoms with Crippen molar-refractivity contribution in [2.24, 2.45) is 5.92 Å². The van der Waals surface area contributed by atoms with Crippen molar-refractivity contribution < 1.29 is 23.6 Å². The number of Topliss-reactive ketones (excluding diaryl/α,β-unsaturated/α-hetero) is 1. The molecular formula is C24H34N4O5. The molecule has 1 N–H and O–H groups in total. The first-order valence-corrected chi connectivity index (χ1v) is 11.2. The van der Waals surface area contributed by atoms with Gasteiger partial charge in [0, 0.05) is 11.5 Å². The van der Waals surface area contributed by atoms with Gasteiger partial charge < -0.3 is 19.3 Å². The average molecular weight is 459 g/mol. The number of ketones is 1. The number of amides is 1. The van der Waals surface area contributed by atoms with Gasteiger partial charge in [-0.15, -0.1) is 0 Å². The molecule has 1 aliphatic rings. The molecule has 2 aromatic rings. The molecule has 180 valence electrons. The fourth-order valence-electron chi connectivity index (χ4n) is 3.72. The fourth-order valence-corrected chi connectivity index (χ4v) is 3.72. The number of nitrogens with zero attached hydrogens (tertiary/aromatic N) is 3. The number of aromatic nitrogens is 2. The summed E-state index contributed by atoms with van der Waals surface area (Å²) in [5.74, 6) is 1.78. The van der Waals surface area contributed by atoms with Crippen molar-refractivity contribution in [2.45, 2.75) is 65.1 Å². The molecular weight excluding hydrogens is 424 g/mol. The molecule has 1 fully saturated rings. The number of nitrogens with one attached hydrogen (secondary N) is 1. The highest BCUT2D eigenvalue weighted by Crippen LogP contribution is 2.25. The molecule has 0 atom stereocenters. The van der Waals surface area contributed by atoms with Gasteiger partial charge in [0.15, 0.2) is 11.6 Å². The molecule has 0 saturated carbocycles. The number of carbonyl (C=O) groups is 2. The van der Waals surface area contributed by atoms with Crippen molar-refractivity contribution in [3.8, 4) is 5.75 Å². The van der Waals surface area contributed by atoms with Crippen molar-refractivity contribution in [2.75, 3.05) is 20.2 Å². The molecule has 2 heterocycles. The summed E-state index contributed by atoms with van der Waals surface area (Å²) in [6.45, 7) is 11.0. The minimum absolute atomic E-state index is 0.00449. The Hall–Kier alpha value is -2.94. The van der Waals surface area contributed by atoms with E-state index >= 15 is 0 Å². The van der Waals surface area contributed by atoms with Gasteiger partial charge in [-0.05, 0) is 84.8 Å². The summed E-state index contributed by atoms with van der Waals surface area (Å²) < 4.78 is 15.9. The van der Waals surface area contributed by atoms with E-state index in [0.717, 1.165) is 37.2 Å². The maximum Gasteiger partial charge on any atom is 0.408 e. The van der Waals surface area contributed by atoms with Crippen LogP contribution in [0, 0.1) is 5.92 Å². The zero-order chi connectivity index (χ0) is 24.2. The number of piperidine rings is 1.